The van der Waals surface area contributed by atoms with Crippen molar-refractivity contribution in [2.24, 2.45) is 0 Å². The molecule has 25 heavy (non-hydrogen) atoms. The zero-order chi connectivity index (χ0) is 17.4. The molecule has 5 heteroatoms. The van der Waals surface area contributed by atoms with Gasteiger partial charge in [-0.25, -0.2) is 4.68 Å². The molecule has 0 atom stereocenters. The van der Waals surface area contributed by atoms with Crippen molar-refractivity contribution < 1.29 is 4.42 Å². The van der Waals surface area contributed by atoms with Gasteiger partial charge in [-0.3, -0.25) is 0 Å². The summed E-state index contributed by atoms with van der Waals surface area (Å²) in [6.07, 6.45) is 0. The molecule has 0 aliphatic rings. The highest BCUT2D eigenvalue weighted by Crippen LogP contribution is 2.32. The molecule has 0 spiro atoms. The second kappa shape index (κ2) is 6.02. The van der Waals surface area contributed by atoms with Crippen LogP contribution >= 0.6 is 0 Å². The van der Waals surface area contributed by atoms with E-state index < -0.39 is 0 Å². The van der Waals surface area contributed by atoms with Crippen LogP contribution in [0.4, 0.5) is 0 Å². The molecule has 0 fully saturated rings. The number of aryl methyl sites for hydroxylation is 3. The second-order valence-corrected chi connectivity index (χ2v) is 6.06. The van der Waals surface area contributed by atoms with Gasteiger partial charge in [0.2, 0.25) is 11.8 Å². The van der Waals surface area contributed by atoms with Crippen LogP contribution < -0.4 is 0 Å². The number of nitrogens with zero attached hydrogens (tertiary/aromatic N) is 4. The van der Waals surface area contributed by atoms with Gasteiger partial charge in [-0.1, -0.05) is 30.3 Å². The van der Waals surface area contributed by atoms with E-state index in [0.29, 0.717) is 11.8 Å². The van der Waals surface area contributed by atoms with Crippen LogP contribution in [-0.4, -0.2) is 20.0 Å². The van der Waals surface area contributed by atoms with Crippen LogP contribution in [0.3, 0.4) is 0 Å². The smallest absolute Gasteiger partial charge is 0.248 e. The van der Waals surface area contributed by atoms with E-state index in [-0.39, 0.29) is 0 Å². The third-order valence-electron chi connectivity index (χ3n) is 4.09. The van der Waals surface area contributed by atoms with Gasteiger partial charge in [0, 0.05) is 18.2 Å². The summed E-state index contributed by atoms with van der Waals surface area (Å²) in [5.74, 6) is 1.09. The number of hydrogen-bond donors (Lipinski definition) is 0. The highest BCUT2D eigenvalue weighted by molar-refractivity contribution is 5.80. The van der Waals surface area contributed by atoms with Crippen molar-refractivity contribution in [3.05, 3.63) is 71.9 Å². The number of hydrogen-bond acceptors (Lipinski definition) is 4. The fraction of sp³-hybridized carbons (Fsp3) is 0.150. The minimum absolute atomic E-state index is 0.532. The summed E-state index contributed by atoms with van der Waals surface area (Å²) in [7, 11) is 0. The number of benzene rings is 2. The molecule has 0 N–H and O–H groups in total. The van der Waals surface area contributed by atoms with E-state index in [1.165, 1.54) is 0 Å². The average molecular weight is 330 g/mol. The van der Waals surface area contributed by atoms with Crippen molar-refractivity contribution in [2.45, 2.75) is 20.8 Å². The van der Waals surface area contributed by atoms with Gasteiger partial charge in [-0.15, -0.1) is 10.2 Å². The Labute approximate surface area is 146 Å². The van der Waals surface area contributed by atoms with Crippen LogP contribution in [-0.2, 0) is 0 Å². The van der Waals surface area contributed by atoms with E-state index in [0.717, 1.165) is 33.8 Å². The molecule has 4 aromatic rings. The van der Waals surface area contributed by atoms with E-state index in [1.807, 2.05) is 35.9 Å². The van der Waals surface area contributed by atoms with Crippen molar-refractivity contribution in [2.75, 3.05) is 0 Å². The molecule has 124 valence electrons. The molecule has 0 unspecified atom stereocenters. The van der Waals surface area contributed by atoms with Crippen molar-refractivity contribution in [1.29, 1.82) is 0 Å². The molecule has 0 aliphatic heterocycles. The van der Waals surface area contributed by atoms with Crippen molar-refractivity contribution in [3.8, 4) is 28.3 Å². The molecule has 2 aromatic heterocycles. The SMILES string of the molecule is Cc1cc(C)n(-c2cccc(-c3ccccc3-c3nnc(C)o3)c2)n1. The Morgan fingerprint density at radius 3 is 2.32 bits per heavy atom. The summed E-state index contributed by atoms with van der Waals surface area (Å²) in [5, 5.41) is 12.7. The molecule has 4 rings (SSSR count). The Morgan fingerprint density at radius 2 is 1.64 bits per heavy atom. The lowest BCUT2D eigenvalue weighted by atomic mass is 9.99. The van der Waals surface area contributed by atoms with Gasteiger partial charge in [0.1, 0.15) is 0 Å². The fourth-order valence-corrected chi connectivity index (χ4v) is 3.02. The Bertz CT molecular complexity index is 1050. The maximum Gasteiger partial charge on any atom is 0.248 e. The van der Waals surface area contributed by atoms with Gasteiger partial charge >= 0.3 is 0 Å². The summed E-state index contributed by atoms with van der Waals surface area (Å²) in [6.45, 7) is 5.85. The molecular weight excluding hydrogens is 312 g/mol. The Kier molecular flexibility index (Phi) is 3.69. The van der Waals surface area contributed by atoms with Crippen LogP contribution in [0, 0.1) is 20.8 Å². The number of rotatable bonds is 3. The number of aromatic nitrogens is 4. The maximum atomic E-state index is 5.63. The average Bonchev–Trinajstić information content (AvgIpc) is 3.20. The molecule has 2 heterocycles. The Morgan fingerprint density at radius 1 is 0.840 bits per heavy atom. The highest BCUT2D eigenvalue weighted by Gasteiger charge is 2.13. The summed E-state index contributed by atoms with van der Waals surface area (Å²) < 4.78 is 7.59. The second-order valence-electron chi connectivity index (χ2n) is 6.06. The van der Waals surface area contributed by atoms with Crippen molar-refractivity contribution in [1.82, 2.24) is 20.0 Å². The monoisotopic (exact) mass is 330 g/mol. The molecular formula is C20H18N4O. The predicted molar refractivity (Wildman–Crippen MR) is 96.5 cm³/mol. The normalized spacial score (nSPS) is 11.0. The molecule has 0 amide bonds. The van der Waals surface area contributed by atoms with E-state index in [2.05, 4.69) is 52.6 Å². The summed E-state index contributed by atoms with van der Waals surface area (Å²) >= 11 is 0. The van der Waals surface area contributed by atoms with Crippen molar-refractivity contribution in [3.63, 3.8) is 0 Å². The molecule has 0 saturated carbocycles. The van der Waals surface area contributed by atoms with E-state index in [1.54, 1.807) is 6.92 Å². The van der Waals surface area contributed by atoms with Crippen LogP contribution in [0.2, 0.25) is 0 Å². The zero-order valence-electron chi connectivity index (χ0n) is 14.4. The minimum Gasteiger partial charge on any atom is -0.421 e. The first-order chi connectivity index (χ1) is 12.1. The third kappa shape index (κ3) is 2.85. The molecule has 0 bridgehead atoms. The van der Waals surface area contributed by atoms with Gasteiger partial charge < -0.3 is 4.42 Å². The largest absolute Gasteiger partial charge is 0.421 e. The lowest BCUT2D eigenvalue weighted by molar-refractivity contribution is 0.533. The minimum atomic E-state index is 0.532. The fourth-order valence-electron chi connectivity index (χ4n) is 3.02. The summed E-state index contributed by atoms with van der Waals surface area (Å²) in [6, 6.07) is 18.4. The molecule has 0 saturated heterocycles. The Balaban J connectivity index is 1.84. The van der Waals surface area contributed by atoms with Gasteiger partial charge in [0.05, 0.1) is 11.4 Å². The van der Waals surface area contributed by atoms with Crippen LogP contribution in [0.1, 0.15) is 17.3 Å². The van der Waals surface area contributed by atoms with Crippen molar-refractivity contribution >= 4 is 0 Å². The third-order valence-corrected chi connectivity index (χ3v) is 4.09. The van der Waals surface area contributed by atoms with Gasteiger partial charge in [-0.05, 0) is 49.2 Å². The molecule has 2 aromatic carbocycles. The summed E-state index contributed by atoms with van der Waals surface area (Å²) in [4.78, 5) is 0. The first kappa shape index (κ1) is 15.3. The highest BCUT2D eigenvalue weighted by atomic mass is 16.4. The van der Waals surface area contributed by atoms with Gasteiger partial charge in [0.25, 0.3) is 0 Å². The van der Waals surface area contributed by atoms with Crippen LogP contribution in [0.15, 0.2) is 59.0 Å². The van der Waals surface area contributed by atoms with E-state index in [9.17, 15) is 0 Å². The quantitative estimate of drug-likeness (QED) is 0.554. The van der Waals surface area contributed by atoms with Gasteiger partial charge in [-0.2, -0.15) is 5.10 Å². The lowest BCUT2D eigenvalue weighted by Crippen LogP contribution is -1.99. The molecule has 0 aliphatic carbocycles. The maximum absolute atomic E-state index is 5.63. The zero-order valence-corrected chi connectivity index (χ0v) is 14.4. The lowest BCUT2D eigenvalue weighted by Gasteiger charge is -2.10. The molecule has 0 radical (unpaired) electrons. The first-order valence-corrected chi connectivity index (χ1v) is 8.15. The Hall–Kier alpha value is -3.21. The topological polar surface area (TPSA) is 56.7 Å². The predicted octanol–water partition coefficient (Wildman–Crippen LogP) is 4.51. The standard InChI is InChI=1S/C20H18N4O/c1-13-11-14(2)24(23-13)17-8-6-7-16(12-17)18-9-4-5-10-19(18)20-22-21-15(3)25-20/h4-12H,1-3H3. The van der Waals surface area contributed by atoms with E-state index >= 15 is 0 Å². The molecule has 5 nitrogen and oxygen atoms in total. The van der Waals surface area contributed by atoms with Crippen LogP contribution in [0.5, 0.6) is 0 Å². The summed E-state index contributed by atoms with van der Waals surface area (Å²) in [5.41, 5.74) is 6.19. The van der Waals surface area contributed by atoms with Crippen LogP contribution in [0.25, 0.3) is 28.3 Å². The van der Waals surface area contributed by atoms with E-state index in [4.69, 9.17) is 4.42 Å². The first-order valence-electron chi connectivity index (χ1n) is 8.15. The van der Waals surface area contributed by atoms with Gasteiger partial charge in [0.15, 0.2) is 0 Å².